The summed E-state index contributed by atoms with van der Waals surface area (Å²) in [6.45, 7) is 2.19. The summed E-state index contributed by atoms with van der Waals surface area (Å²) in [4.78, 5) is 32.2. The molecule has 3 heterocycles. The van der Waals surface area contributed by atoms with Crippen molar-refractivity contribution >= 4 is 16.8 Å². The van der Waals surface area contributed by atoms with E-state index >= 15 is 0 Å². The molecule has 36 heavy (non-hydrogen) atoms. The van der Waals surface area contributed by atoms with Crippen molar-refractivity contribution in [2.75, 3.05) is 13.7 Å². The molecule has 0 bridgehead atoms. The fourth-order valence-corrected chi connectivity index (χ4v) is 3.60. The van der Waals surface area contributed by atoms with Gasteiger partial charge in [-0.1, -0.05) is 0 Å². The molecule has 4 aromatic rings. The lowest BCUT2D eigenvalue weighted by Gasteiger charge is -2.14. The van der Waals surface area contributed by atoms with E-state index < -0.39 is 17.8 Å². The van der Waals surface area contributed by atoms with Gasteiger partial charge in [0.1, 0.15) is 23.4 Å². The largest absolute Gasteiger partial charge is 0.491 e. The first kappa shape index (κ1) is 24.8. The maximum absolute atomic E-state index is 14.3. The summed E-state index contributed by atoms with van der Waals surface area (Å²) >= 11 is 0. The monoisotopic (exact) mass is 493 g/mol. The Morgan fingerprint density at radius 1 is 1.11 bits per heavy atom. The number of hydroxylamine groups is 1. The summed E-state index contributed by atoms with van der Waals surface area (Å²) in [5.74, 6) is -0.463. The molecule has 0 aliphatic rings. The van der Waals surface area contributed by atoms with Crippen molar-refractivity contribution in [2.24, 2.45) is 5.73 Å². The highest BCUT2D eigenvalue weighted by Gasteiger charge is 2.15. The van der Waals surface area contributed by atoms with E-state index in [0.717, 1.165) is 11.1 Å². The van der Waals surface area contributed by atoms with E-state index in [2.05, 4.69) is 24.9 Å². The van der Waals surface area contributed by atoms with Crippen molar-refractivity contribution in [1.29, 1.82) is 0 Å². The molecule has 11 nitrogen and oxygen atoms in total. The van der Waals surface area contributed by atoms with E-state index in [4.69, 9.17) is 20.4 Å². The third-order valence-corrected chi connectivity index (χ3v) is 5.52. The molecular weight excluding hydrogens is 469 g/mol. The average molecular weight is 493 g/mol. The van der Waals surface area contributed by atoms with Crippen LogP contribution in [-0.4, -0.2) is 49.8 Å². The van der Waals surface area contributed by atoms with Crippen molar-refractivity contribution in [2.45, 2.75) is 25.8 Å². The van der Waals surface area contributed by atoms with E-state index in [1.165, 1.54) is 43.6 Å². The molecule has 12 heteroatoms. The number of aryl methyl sites for hydroxylation is 1. The Kier molecular flexibility index (Phi) is 7.56. The number of benzene rings is 1. The summed E-state index contributed by atoms with van der Waals surface area (Å²) in [5, 5.41) is 9.45. The van der Waals surface area contributed by atoms with Gasteiger partial charge in [-0.25, -0.2) is 34.8 Å². The van der Waals surface area contributed by atoms with Crippen LogP contribution in [0.3, 0.4) is 0 Å². The zero-order chi connectivity index (χ0) is 25.7. The molecule has 1 aromatic carbocycles. The first-order valence-electron chi connectivity index (χ1n) is 11.0. The minimum Gasteiger partial charge on any atom is -0.491 e. The fraction of sp³-hybridized carbons (Fsp3) is 0.250. The van der Waals surface area contributed by atoms with E-state index in [-0.39, 0.29) is 11.4 Å². The maximum Gasteiger partial charge on any atom is 0.277 e. The lowest BCUT2D eigenvalue weighted by atomic mass is 10.0. The van der Waals surface area contributed by atoms with Crippen LogP contribution in [0.1, 0.15) is 40.8 Å². The van der Waals surface area contributed by atoms with Gasteiger partial charge in [0.25, 0.3) is 5.91 Å². The van der Waals surface area contributed by atoms with Gasteiger partial charge in [0.15, 0.2) is 5.82 Å². The van der Waals surface area contributed by atoms with Crippen molar-refractivity contribution < 1.29 is 23.9 Å². The van der Waals surface area contributed by atoms with Crippen LogP contribution in [0.2, 0.25) is 0 Å². The number of halogens is 1. The van der Waals surface area contributed by atoms with Crippen LogP contribution in [0.15, 0.2) is 43.1 Å². The number of amides is 1. The van der Waals surface area contributed by atoms with Crippen LogP contribution in [0.5, 0.6) is 11.6 Å². The van der Waals surface area contributed by atoms with Crippen LogP contribution in [0, 0.1) is 12.7 Å². The van der Waals surface area contributed by atoms with Gasteiger partial charge in [-0.15, -0.1) is 0 Å². The second kappa shape index (κ2) is 11.0. The Morgan fingerprint density at radius 2 is 1.89 bits per heavy atom. The SMILES string of the molecule is COc1ncc(-c2cc(OCCCC(N)c3ncc(C(=O)NO)cn3)c3ncnc(C)c3c2)cc1F. The van der Waals surface area contributed by atoms with Crippen molar-refractivity contribution in [3.05, 3.63) is 66.0 Å². The highest BCUT2D eigenvalue weighted by Crippen LogP contribution is 2.33. The number of fused-ring (bicyclic) bond motifs is 1. The normalized spacial score (nSPS) is 11.8. The van der Waals surface area contributed by atoms with E-state index in [1.807, 2.05) is 13.0 Å². The quantitative estimate of drug-likeness (QED) is 0.180. The number of ether oxygens (including phenoxy) is 2. The lowest BCUT2D eigenvalue weighted by Crippen LogP contribution is -2.20. The predicted molar refractivity (Wildman–Crippen MR) is 127 cm³/mol. The van der Waals surface area contributed by atoms with Crippen molar-refractivity contribution in [1.82, 2.24) is 30.4 Å². The highest BCUT2D eigenvalue weighted by atomic mass is 19.1. The van der Waals surface area contributed by atoms with Crippen molar-refractivity contribution in [3.8, 4) is 22.8 Å². The van der Waals surface area contributed by atoms with Crippen LogP contribution in [0.25, 0.3) is 22.0 Å². The third kappa shape index (κ3) is 5.34. The highest BCUT2D eigenvalue weighted by molar-refractivity contribution is 5.92. The van der Waals surface area contributed by atoms with E-state index in [0.29, 0.717) is 47.7 Å². The zero-order valence-electron chi connectivity index (χ0n) is 19.6. The minimum absolute atomic E-state index is 0.0813. The number of methoxy groups -OCH3 is 1. The second-order valence-electron chi connectivity index (χ2n) is 7.91. The zero-order valence-corrected chi connectivity index (χ0v) is 19.6. The number of nitrogens with zero attached hydrogens (tertiary/aromatic N) is 5. The number of carbonyl (C=O) groups excluding carboxylic acids is 1. The van der Waals surface area contributed by atoms with Gasteiger partial charge in [-0.2, -0.15) is 0 Å². The molecule has 4 rings (SSSR count). The predicted octanol–water partition coefficient (Wildman–Crippen LogP) is 2.92. The number of nitrogens with one attached hydrogen (secondary N) is 1. The lowest BCUT2D eigenvalue weighted by molar-refractivity contribution is 0.0705. The molecule has 3 aromatic heterocycles. The molecule has 0 spiro atoms. The Labute approximate surface area is 205 Å². The van der Waals surface area contributed by atoms with Crippen LogP contribution in [0.4, 0.5) is 4.39 Å². The molecule has 0 aliphatic carbocycles. The molecule has 0 fully saturated rings. The summed E-state index contributed by atoms with van der Waals surface area (Å²) in [7, 11) is 1.36. The summed E-state index contributed by atoms with van der Waals surface area (Å²) in [5.41, 5.74) is 10.5. The molecular formula is C24H24FN7O4. The summed E-state index contributed by atoms with van der Waals surface area (Å²) in [6, 6.07) is 4.53. The van der Waals surface area contributed by atoms with Crippen LogP contribution < -0.4 is 20.7 Å². The maximum atomic E-state index is 14.3. The minimum atomic E-state index is -0.704. The first-order valence-corrected chi connectivity index (χ1v) is 11.0. The van der Waals surface area contributed by atoms with Gasteiger partial charge in [0.2, 0.25) is 5.88 Å². The number of aromatic nitrogens is 5. The molecule has 0 aliphatic heterocycles. The van der Waals surface area contributed by atoms with Gasteiger partial charge < -0.3 is 15.2 Å². The number of rotatable bonds is 9. The number of pyridine rings is 1. The first-order chi connectivity index (χ1) is 17.4. The number of hydrogen-bond acceptors (Lipinski definition) is 10. The Morgan fingerprint density at radius 3 is 2.58 bits per heavy atom. The summed E-state index contributed by atoms with van der Waals surface area (Å²) < 4.78 is 25.2. The molecule has 0 radical (unpaired) electrons. The third-order valence-electron chi connectivity index (χ3n) is 5.52. The number of hydrogen-bond donors (Lipinski definition) is 3. The summed E-state index contributed by atoms with van der Waals surface area (Å²) in [6.07, 6.45) is 6.68. The van der Waals surface area contributed by atoms with E-state index in [1.54, 1.807) is 6.07 Å². The fourth-order valence-electron chi connectivity index (χ4n) is 3.60. The molecule has 1 unspecified atom stereocenters. The molecule has 0 saturated heterocycles. The molecule has 0 saturated carbocycles. The molecule has 1 amide bonds. The average Bonchev–Trinajstić information content (AvgIpc) is 2.90. The van der Waals surface area contributed by atoms with Crippen LogP contribution >= 0.6 is 0 Å². The Hall–Kier alpha value is -4.29. The van der Waals surface area contributed by atoms with Crippen molar-refractivity contribution in [3.63, 3.8) is 0 Å². The molecule has 1 atom stereocenters. The number of carbonyl (C=O) groups is 1. The van der Waals surface area contributed by atoms with Gasteiger partial charge in [-0.3, -0.25) is 10.0 Å². The Bertz CT molecular complexity index is 1390. The van der Waals surface area contributed by atoms with Gasteiger partial charge in [0, 0.05) is 35.2 Å². The van der Waals surface area contributed by atoms with Gasteiger partial charge >= 0.3 is 0 Å². The molecule has 4 N–H and O–H groups in total. The van der Waals surface area contributed by atoms with Gasteiger partial charge in [0.05, 0.1) is 25.3 Å². The standard InChI is InChI=1S/C24H24FN7O4/c1-13-17-6-14(15-7-18(25)24(35-2)29-9-15)8-20(21(17)31-12-30-13)36-5-3-4-19(26)22-27-10-16(11-28-22)23(33)32-34/h6-12,19,34H,3-5,26H2,1-2H3,(H,32,33). The topological polar surface area (TPSA) is 158 Å². The second-order valence-corrected chi connectivity index (χ2v) is 7.91. The smallest absolute Gasteiger partial charge is 0.277 e. The number of nitrogens with two attached hydrogens (primary N) is 1. The van der Waals surface area contributed by atoms with Crippen LogP contribution in [-0.2, 0) is 0 Å². The Balaban J connectivity index is 1.49. The van der Waals surface area contributed by atoms with Gasteiger partial charge in [-0.05, 0) is 43.5 Å². The van der Waals surface area contributed by atoms with E-state index in [9.17, 15) is 9.18 Å². The molecule has 186 valence electrons.